The molecule has 0 saturated carbocycles. The summed E-state index contributed by atoms with van der Waals surface area (Å²) in [4.78, 5) is 15.3. The molecule has 1 aromatic heterocycles. The maximum atomic E-state index is 11.3. The second-order valence-corrected chi connectivity index (χ2v) is 3.78. The van der Waals surface area contributed by atoms with Crippen LogP contribution in [0.15, 0.2) is 22.8 Å². The van der Waals surface area contributed by atoms with Crippen molar-refractivity contribution >= 4 is 27.7 Å². The Morgan fingerprint density at radius 3 is 2.93 bits per heavy atom. The van der Waals surface area contributed by atoms with Crippen molar-refractivity contribution in [2.75, 3.05) is 5.32 Å². The predicted octanol–water partition coefficient (Wildman–Crippen LogP) is 1.52. The number of pyridine rings is 1. The summed E-state index contributed by atoms with van der Waals surface area (Å²) in [5.74, 6) is 0.310. The third-order valence-electron chi connectivity index (χ3n) is 1.76. The van der Waals surface area contributed by atoms with E-state index in [0.29, 0.717) is 12.2 Å². The molecular formula is C9H12BrN3O. The van der Waals surface area contributed by atoms with Gasteiger partial charge in [-0.05, 0) is 34.5 Å². The van der Waals surface area contributed by atoms with E-state index in [1.165, 1.54) is 0 Å². The molecule has 1 aromatic rings. The highest BCUT2D eigenvalue weighted by Crippen LogP contribution is 2.10. The number of rotatable bonds is 3. The number of amides is 1. The first-order chi connectivity index (χ1) is 6.63. The SMILES string of the molecule is CC[C@@H](N)C(=O)Nc1ccc(Br)cn1. The minimum atomic E-state index is -0.472. The fourth-order valence-corrected chi connectivity index (χ4v) is 1.09. The van der Waals surface area contributed by atoms with Crippen molar-refractivity contribution < 1.29 is 4.79 Å². The number of aromatic nitrogens is 1. The minimum Gasteiger partial charge on any atom is -0.320 e. The Morgan fingerprint density at radius 2 is 2.43 bits per heavy atom. The summed E-state index contributed by atoms with van der Waals surface area (Å²) < 4.78 is 0.871. The lowest BCUT2D eigenvalue weighted by Crippen LogP contribution is -2.35. The average Bonchev–Trinajstić information content (AvgIpc) is 2.20. The molecule has 0 aliphatic rings. The van der Waals surface area contributed by atoms with Gasteiger partial charge in [-0.3, -0.25) is 4.79 Å². The van der Waals surface area contributed by atoms with Gasteiger partial charge in [0.05, 0.1) is 6.04 Å². The summed E-state index contributed by atoms with van der Waals surface area (Å²) in [6, 6.07) is 3.05. The van der Waals surface area contributed by atoms with Crippen molar-refractivity contribution in [2.45, 2.75) is 19.4 Å². The van der Waals surface area contributed by atoms with Crippen LogP contribution in [0.1, 0.15) is 13.3 Å². The Hall–Kier alpha value is -0.940. The van der Waals surface area contributed by atoms with Crippen molar-refractivity contribution in [1.29, 1.82) is 0 Å². The molecule has 1 rings (SSSR count). The van der Waals surface area contributed by atoms with Gasteiger partial charge in [0.2, 0.25) is 5.91 Å². The van der Waals surface area contributed by atoms with Crippen molar-refractivity contribution in [1.82, 2.24) is 4.98 Å². The van der Waals surface area contributed by atoms with Gasteiger partial charge in [0.1, 0.15) is 5.82 Å². The highest BCUT2D eigenvalue weighted by Gasteiger charge is 2.10. The van der Waals surface area contributed by atoms with Gasteiger partial charge in [-0.15, -0.1) is 0 Å². The van der Waals surface area contributed by atoms with Crippen LogP contribution in [0, 0.1) is 0 Å². The quantitative estimate of drug-likeness (QED) is 0.863. The first kappa shape index (κ1) is 11.1. The van der Waals surface area contributed by atoms with Crippen molar-refractivity contribution in [3.8, 4) is 0 Å². The second-order valence-electron chi connectivity index (χ2n) is 2.87. The zero-order valence-corrected chi connectivity index (χ0v) is 9.41. The zero-order chi connectivity index (χ0) is 10.6. The van der Waals surface area contributed by atoms with Crippen LogP contribution in [0.5, 0.6) is 0 Å². The molecule has 1 amide bonds. The molecule has 0 unspecified atom stereocenters. The van der Waals surface area contributed by atoms with Crippen LogP contribution in [0.4, 0.5) is 5.82 Å². The summed E-state index contributed by atoms with van der Waals surface area (Å²) >= 11 is 3.25. The molecule has 14 heavy (non-hydrogen) atoms. The Morgan fingerprint density at radius 1 is 1.71 bits per heavy atom. The van der Waals surface area contributed by atoms with Crippen molar-refractivity contribution in [2.24, 2.45) is 5.73 Å². The smallest absolute Gasteiger partial charge is 0.242 e. The van der Waals surface area contributed by atoms with Gasteiger partial charge in [0, 0.05) is 10.7 Å². The highest BCUT2D eigenvalue weighted by atomic mass is 79.9. The molecule has 1 atom stereocenters. The van der Waals surface area contributed by atoms with Crippen LogP contribution in [0.25, 0.3) is 0 Å². The van der Waals surface area contributed by atoms with Crippen molar-refractivity contribution in [3.63, 3.8) is 0 Å². The molecule has 5 heteroatoms. The van der Waals surface area contributed by atoms with Crippen LogP contribution in [0.2, 0.25) is 0 Å². The predicted molar refractivity (Wildman–Crippen MR) is 58.8 cm³/mol. The van der Waals surface area contributed by atoms with Crippen LogP contribution in [0.3, 0.4) is 0 Å². The van der Waals surface area contributed by atoms with E-state index in [4.69, 9.17) is 5.73 Å². The minimum absolute atomic E-state index is 0.206. The molecular weight excluding hydrogens is 246 g/mol. The molecule has 0 saturated heterocycles. The van der Waals surface area contributed by atoms with Gasteiger partial charge in [-0.1, -0.05) is 6.92 Å². The number of anilines is 1. The Kier molecular flexibility index (Phi) is 4.03. The maximum Gasteiger partial charge on any atom is 0.242 e. The number of nitrogens with zero attached hydrogens (tertiary/aromatic N) is 1. The van der Waals surface area contributed by atoms with Gasteiger partial charge >= 0.3 is 0 Å². The number of carbonyl (C=O) groups is 1. The van der Waals surface area contributed by atoms with Gasteiger partial charge in [0.15, 0.2) is 0 Å². The molecule has 1 heterocycles. The van der Waals surface area contributed by atoms with Crippen molar-refractivity contribution in [3.05, 3.63) is 22.8 Å². The molecule has 0 aliphatic heterocycles. The first-order valence-electron chi connectivity index (χ1n) is 4.31. The Balaban J connectivity index is 2.60. The van der Waals surface area contributed by atoms with E-state index in [0.717, 1.165) is 4.47 Å². The van der Waals surface area contributed by atoms with E-state index in [1.807, 2.05) is 6.92 Å². The van der Waals surface area contributed by atoms with Crippen LogP contribution < -0.4 is 11.1 Å². The molecule has 0 aliphatic carbocycles. The van der Waals surface area contributed by atoms with Crippen LogP contribution in [-0.4, -0.2) is 16.9 Å². The Bertz CT molecular complexity index is 312. The van der Waals surface area contributed by atoms with E-state index in [2.05, 4.69) is 26.2 Å². The first-order valence-corrected chi connectivity index (χ1v) is 5.10. The maximum absolute atomic E-state index is 11.3. The molecule has 0 spiro atoms. The fourth-order valence-electron chi connectivity index (χ4n) is 0.854. The standard InChI is InChI=1S/C9H12BrN3O/c1-2-7(11)9(14)13-8-4-3-6(10)5-12-8/h3-5,7H,2,11H2,1H3,(H,12,13,14)/t7-/m1/s1. The fraction of sp³-hybridized carbons (Fsp3) is 0.333. The lowest BCUT2D eigenvalue weighted by atomic mass is 10.2. The summed E-state index contributed by atoms with van der Waals surface area (Å²) in [5, 5.41) is 2.62. The zero-order valence-electron chi connectivity index (χ0n) is 7.83. The van der Waals surface area contributed by atoms with E-state index < -0.39 is 6.04 Å². The topological polar surface area (TPSA) is 68.0 Å². The highest BCUT2D eigenvalue weighted by molar-refractivity contribution is 9.10. The number of carbonyl (C=O) groups excluding carboxylic acids is 1. The molecule has 3 N–H and O–H groups in total. The number of hydrogen-bond donors (Lipinski definition) is 2. The van der Waals surface area contributed by atoms with Gasteiger partial charge in [0.25, 0.3) is 0 Å². The lowest BCUT2D eigenvalue weighted by molar-refractivity contribution is -0.117. The molecule has 0 radical (unpaired) electrons. The normalized spacial score (nSPS) is 12.2. The average molecular weight is 258 g/mol. The summed E-state index contributed by atoms with van der Waals surface area (Å²) in [7, 11) is 0. The molecule has 0 bridgehead atoms. The van der Waals surface area contributed by atoms with E-state index in [9.17, 15) is 4.79 Å². The summed E-state index contributed by atoms with van der Waals surface area (Å²) in [6.07, 6.45) is 2.23. The number of halogens is 1. The lowest BCUT2D eigenvalue weighted by Gasteiger charge is -2.08. The molecule has 0 fully saturated rings. The van der Waals surface area contributed by atoms with E-state index >= 15 is 0 Å². The van der Waals surface area contributed by atoms with E-state index in [1.54, 1.807) is 18.3 Å². The number of nitrogens with one attached hydrogen (secondary N) is 1. The molecule has 0 aromatic carbocycles. The summed E-state index contributed by atoms with van der Waals surface area (Å²) in [6.45, 7) is 1.86. The number of hydrogen-bond acceptors (Lipinski definition) is 3. The van der Waals surface area contributed by atoms with Crippen LogP contribution in [-0.2, 0) is 4.79 Å². The third-order valence-corrected chi connectivity index (χ3v) is 2.22. The summed E-state index contributed by atoms with van der Waals surface area (Å²) in [5.41, 5.74) is 5.55. The molecule has 4 nitrogen and oxygen atoms in total. The van der Waals surface area contributed by atoms with Crippen LogP contribution >= 0.6 is 15.9 Å². The monoisotopic (exact) mass is 257 g/mol. The largest absolute Gasteiger partial charge is 0.320 e. The van der Waals surface area contributed by atoms with Gasteiger partial charge in [-0.25, -0.2) is 4.98 Å². The third kappa shape index (κ3) is 3.08. The Labute approximate surface area is 91.0 Å². The molecule has 76 valence electrons. The van der Waals surface area contributed by atoms with E-state index in [-0.39, 0.29) is 5.91 Å². The van der Waals surface area contributed by atoms with Gasteiger partial charge < -0.3 is 11.1 Å². The number of nitrogens with two attached hydrogens (primary N) is 1. The van der Waals surface area contributed by atoms with Gasteiger partial charge in [-0.2, -0.15) is 0 Å². The second kappa shape index (κ2) is 5.07.